The Balaban J connectivity index is 1.86. The highest BCUT2D eigenvalue weighted by molar-refractivity contribution is 7.07. The first-order chi connectivity index (χ1) is 15.4. The summed E-state index contributed by atoms with van der Waals surface area (Å²) in [6.07, 6.45) is 3.41. The maximum Gasteiger partial charge on any atom is 0.269 e. The Hall–Kier alpha value is -3.91. The van der Waals surface area contributed by atoms with Gasteiger partial charge >= 0.3 is 0 Å². The van der Waals surface area contributed by atoms with Crippen molar-refractivity contribution in [3.05, 3.63) is 104 Å². The van der Waals surface area contributed by atoms with E-state index in [0.717, 1.165) is 28.2 Å². The second-order valence-corrected chi connectivity index (χ2v) is 8.16. The van der Waals surface area contributed by atoms with Crippen molar-refractivity contribution in [1.82, 2.24) is 9.66 Å². The van der Waals surface area contributed by atoms with E-state index in [0.29, 0.717) is 4.80 Å². The quantitative estimate of drug-likeness (QED) is 0.227. The van der Waals surface area contributed by atoms with Crippen LogP contribution in [0.25, 0.3) is 11.3 Å². The van der Waals surface area contributed by atoms with E-state index < -0.39 is 4.92 Å². The monoisotopic (exact) mass is 443 g/mol. The summed E-state index contributed by atoms with van der Waals surface area (Å²) >= 11 is 1.49. The molecule has 160 valence electrons. The minimum Gasteiger partial charge on any atom is -0.262 e. The average molecular weight is 444 g/mol. The highest BCUT2D eigenvalue weighted by atomic mass is 32.1. The Morgan fingerprint density at radius 1 is 1.09 bits per heavy atom. The zero-order valence-electron chi connectivity index (χ0n) is 17.9. The second-order valence-electron chi connectivity index (χ2n) is 7.33. The smallest absolute Gasteiger partial charge is 0.262 e. The number of hydrogen-bond acceptors (Lipinski definition) is 6. The molecule has 32 heavy (non-hydrogen) atoms. The highest BCUT2D eigenvalue weighted by Gasteiger charge is 2.11. The van der Waals surface area contributed by atoms with Gasteiger partial charge in [0.05, 0.1) is 28.2 Å². The molecule has 4 aromatic rings. The summed E-state index contributed by atoms with van der Waals surface area (Å²) in [6, 6.07) is 16.4. The molecule has 0 fully saturated rings. The molecule has 0 aliphatic carbocycles. The highest BCUT2D eigenvalue weighted by Crippen LogP contribution is 2.24. The van der Waals surface area contributed by atoms with Crippen molar-refractivity contribution in [2.75, 3.05) is 0 Å². The molecule has 0 radical (unpaired) electrons. The molecule has 0 amide bonds. The molecule has 0 unspecified atom stereocenters. The number of nitrogens with zero attached hydrogens (tertiary/aromatic N) is 5. The van der Waals surface area contributed by atoms with Gasteiger partial charge in [-0.05, 0) is 67.8 Å². The predicted molar refractivity (Wildman–Crippen MR) is 127 cm³/mol. The summed E-state index contributed by atoms with van der Waals surface area (Å²) in [5.74, 6) is 0. The molecule has 0 atom stereocenters. The van der Waals surface area contributed by atoms with E-state index in [-0.39, 0.29) is 5.69 Å². The van der Waals surface area contributed by atoms with Crippen LogP contribution in [0.5, 0.6) is 0 Å². The number of aryl methyl sites for hydroxylation is 2. The van der Waals surface area contributed by atoms with Crippen LogP contribution in [0.4, 0.5) is 11.4 Å². The lowest BCUT2D eigenvalue weighted by Gasteiger charge is -2.08. The van der Waals surface area contributed by atoms with Crippen LogP contribution in [-0.4, -0.2) is 20.3 Å². The molecular weight excluding hydrogens is 422 g/mol. The Labute approximate surface area is 189 Å². The molecule has 4 rings (SSSR count). The van der Waals surface area contributed by atoms with Crippen molar-refractivity contribution in [3.8, 4) is 11.3 Å². The molecule has 7 nitrogen and oxygen atoms in total. The van der Waals surface area contributed by atoms with Gasteiger partial charge in [0.1, 0.15) is 0 Å². The molecule has 0 bridgehead atoms. The van der Waals surface area contributed by atoms with Crippen LogP contribution in [0.1, 0.15) is 23.6 Å². The Morgan fingerprint density at radius 2 is 1.88 bits per heavy atom. The Morgan fingerprint density at radius 3 is 2.53 bits per heavy atom. The maximum absolute atomic E-state index is 11.0. The van der Waals surface area contributed by atoms with E-state index in [1.165, 1.54) is 34.6 Å². The number of hydrogen-bond donors (Lipinski definition) is 0. The van der Waals surface area contributed by atoms with Gasteiger partial charge in [-0.15, -0.1) is 11.3 Å². The molecule has 2 heterocycles. The number of nitro benzene ring substituents is 1. The van der Waals surface area contributed by atoms with Crippen molar-refractivity contribution in [1.29, 1.82) is 0 Å². The van der Waals surface area contributed by atoms with Crippen LogP contribution in [-0.2, 0) is 0 Å². The van der Waals surface area contributed by atoms with Crippen molar-refractivity contribution < 1.29 is 4.92 Å². The van der Waals surface area contributed by atoms with Crippen LogP contribution in [0.15, 0.2) is 82.5 Å². The fourth-order valence-corrected chi connectivity index (χ4v) is 3.99. The van der Waals surface area contributed by atoms with Gasteiger partial charge < -0.3 is 0 Å². The van der Waals surface area contributed by atoms with E-state index in [9.17, 15) is 10.1 Å². The van der Waals surface area contributed by atoms with Gasteiger partial charge in [0.2, 0.25) is 4.80 Å². The van der Waals surface area contributed by atoms with Crippen molar-refractivity contribution in [2.24, 2.45) is 10.1 Å². The van der Waals surface area contributed by atoms with Gasteiger partial charge in [-0.3, -0.25) is 15.1 Å². The third-order valence-electron chi connectivity index (χ3n) is 5.10. The summed E-state index contributed by atoms with van der Waals surface area (Å²) in [4.78, 5) is 20.1. The number of benzene rings is 2. The normalized spacial score (nSPS) is 12.2. The van der Waals surface area contributed by atoms with Crippen LogP contribution in [0.2, 0.25) is 0 Å². The van der Waals surface area contributed by atoms with Gasteiger partial charge in [-0.25, -0.2) is 9.67 Å². The molecule has 8 heteroatoms. The minimum absolute atomic E-state index is 0.0489. The second kappa shape index (κ2) is 9.07. The summed E-state index contributed by atoms with van der Waals surface area (Å²) in [6.45, 7) is 6.05. The van der Waals surface area contributed by atoms with Crippen LogP contribution >= 0.6 is 11.3 Å². The van der Waals surface area contributed by atoms with E-state index in [1.54, 1.807) is 24.5 Å². The van der Waals surface area contributed by atoms with Crippen LogP contribution in [0, 0.1) is 24.0 Å². The summed E-state index contributed by atoms with van der Waals surface area (Å²) in [7, 11) is 0. The zero-order chi connectivity index (χ0) is 22.7. The lowest BCUT2D eigenvalue weighted by Crippen LogP contribution is -2.14. The molecule has 0 spiro atoms. The van der Waals surface area contributed by atoms with Gasteiger partial charge in [0.25, 0.3) is 5.69 Å². The SMILES string of the molecule is CC(=Nn1c(-c2ccc(C)c(C)c2)csc1=Nc1cccnc1)c1ccc([N+](=O)[O-])cc1. The van der Waals surface area contributed by atoms with Crippen molar-refractivity contribution in [2.45, 2.75) is 20.8 Å². The summed E-state index contributed by atoms with van der Waals surface area (Å²) in [5, 5.41) is 17.8. The van der Waals surface area contributed by atoms with Crippen LogP contribution in [0.3, 0.4) is 0 Å². The topological polar surface area (TPSA) is 85.7 Å². The lowest BCUT2D eigenvalue weighted by atomic mass is 10.1. The largest absolute Gasteiger partial charge is 0.269 e. The van der Waals surface area contributed by atoms with E-state index in [4.69, 9.17) is 10.1 Å². The fourth-order valence-electron chi connectivity index (χ4n) is 3.14. The number of nitro groups is 1. The van der Waals surface area contributed by atoms with Gasteiger partial charge in [0, 0.05) is 29.3 Å². The molecule has 0 aliphatic heterocycles. The third-order valence-corrected chi connectivity index (χ3v) is 5.92. The number of non-ortho nitro benzene ring substituents is 1. The van der Waals surface area contributed by atoms with E-state index in [1.807, 2.05) is 29.1 Å². The molecule has 2 aromatic carbocycles. The Bertz CT molecular complexity index is 1370. The van der Waals surface area contributed by atoms with Crippen molar-refractivity contribution in [3.63, 3.8) is 0 Å². The molecule has 2 aromatic heterocycles. The maximum atomic E-state index is 11.0. The van der Waals surface area contributed by atoms with Crippen molar-refractivity contribution >= 4 is 28.4 Å². The first-order valence-corrected chi connectivity index (χ1v) is 10.8. The average Bonchev–Trinajstić information content (AvgIpc) is 3.18. The molecule has 0 aliphatic rings. The molecular formula is C24H21N5O2S. The first kappa shape index (κ1) is 21.3. The predicted octanol–water partition coefficient (Wildman–Crippen LogP) is 5.64. The summed E-state index contributed by atoms with van der Waals surface area (Å²) < 4.78 is 1.82. The van der Waals surface area contributed by atoms with Crippen LogP contribution < -0.4 is 4.80 Å². The molecule has 0 N–H and O–H groups in total. The number of pyridine rings is 1. The zero-order valence-corrected chi connectivity index (χ0v) is 18.7. The Kier molecular flexibility index (Phi) is 6.04. The summed E-state index contributed by atoms with van der Waals surface area (Å²) in [5.41, 5.74) is 6.68. The molecule has 0 saturated carbocycles. The fraction of sp³-hybridized carbons (Fsp3) is 0.125. The van der Waals surface area contributed by atoms with E-state index >= 15 is 0 Å². The van der Waals surface area contributed by atoms with E-state index in [2.05, 4.69) is 37.0 Å². The van der Waals surface area contributed by atoms with Gasteiger partial charge in [-0.1, -0.05) is 12.1 Å². The minimum atomic E-state index is -0.410. The number of aromatic nitrogens is 2. The lowest BCUT2D eigenvalue weighted by molar-refractivity contribution is -0.384. The number of rotatable bonds is 5. The third kappa shape index (κ3) is 4.55. The standard InChI is InChI=1S/C24H21N5O2S/c1-16-6-7-20(13-17(16)2)23-15-32-24(26-21-5-4-12-25-14-21)28(23)27-18(3)19-8-10-22(11-9-19)29(30)31/h4-15H,1-3H3. The van der Waals surface area contributed by atoms with Gasteiger partial charge in [0.15, 0.2) is 0 Å². The number of thiazole rings is 1. The van der Waals surface area contributed by atoms with Gasteiger partial charge in [-0.2, -0.15) is 5.10 Å². The first-order valence-electron chi connectivity index (χ1n) is 9.96. The molecule has 0 saturated heterocycles.